The van der Waals surface area contributed by atoms with E-state index in [4.69, 9.17) is 16.3 Å². The van der Waals surface area contributed by atoms with Gasteiger partial charge in [0.1, 0.15) is 11.6 Å². The molecule has 0 saturated carbocycles. The molecular formula is C20H13ClFNO2S. The smallest absolute Gasteiger partial charge is 0.262 e. The van der Waals surface area contributed by atoms with E-state index in [0.29, 0.717) is 5.69 Å². The lowest BCUT2D eigenvalue weighted by Gasteiger charge is -2.09. The largest absolute Gasteiger partial charge is 0.482 e. The fourth-order valence-electron chi connectivity index (χ4n) is 2.09. The first-order valence-electron chi connectivity index (χ1n) is 7.63. The summed E-state index contributed by atoms with van der Waals surface area (Å²) >= 11 is 7.43. The van der Waals surface area contributed by atoms with E-state index < -0.39 is 5.82 Å². The van der Waals surface area contributed by atoms with Crippen LogP contribution in [0.25, 0.3) is 0 Å². The van der Waals surface area contributed by atoms with E-state index in [1.54, 1.807) is 23.5 Å². The van der Waals surface area contributed by atoms with Gasteiger partial charge >= 0.3 is 0 Å². The van der Waals surface area contributed by atoms with Gasteiger partial charge in [0.2, 0.25) is 0 Å². The number of benzene rings is 2. The minimum atomic E-state index is -0.465. The Kier molecular flexibility index (Phi) is 5.90. The standard InChI is InChI=1S/C20H13ClFNO2S/c21-18-12-15(22)7-9-19(18)25-13-20(24)23-16-4-1-3-14(11-16)6-8-17-5-2-10-26-17/h1-5,7,9-12H,13H2,(H,23,24). The number of halogens is 2. The molecule has 6 heteroatoms. The number of rotatable bonds is 4. The molecule has 0 radical (unpaired) electrons. The average molecular weight is 386 g/mol. The lowest BCUT2D eigenvalue weighted by Crippen LogP contribution is -2.20. The van der Waals surface area contributed by atoms with Crippen molar-refractivity contribution in [1.29, 1.82) is 0 Å². The van der Waals surface area contributed by atoms with Crippen LogP contribution in [-0.2, 0) is 4.79 Å². The summed E-state index contributed by atoms with van der Waals surface area (Å²) in [5.74, 6) is 5.55. The molecule has 0 aliphatic heterocycles. The highest BCUT2D eigenvalue weighted by Crippen LogP contribution is 2.24. The summed E-state index contributed by atoms with van der Waals surface area (Å²) in [7, 11) is 0. The van der Waals surface area contributed by atoms with Crippen molar-refractivity contribution in [3.63, 3.8) is 0 Å². The van der Waals surface area contributed by atoms with E-state index in [9.17, 15) is 9.18 Å². The number of carbonyl (C=O) groups excluding carboxylic acids is 1. The molecule has 1 amide bonds. The molecule has 0 saturated heterocycles. The van der Waals surface area contributed by atoms with Gasteiger partial charge in [-0.25, -0.2) is 4.39 Å². The van der Waals surface area contributed by atoms with Crippen LogP contribution >= 0.6 is 22.9 Å². The SMILES string of the molecule is O=C(COc1ccc(F)cc1Cl)Nc1cccc(C#Cc2cccs2)c1. The van der Waals surface area contributed by atoms with Crippen LogP contribution in [0.4, 0.5) is 10.1 Å². The Labute approximate surface area is 159 Å². The van der Waals surface area contributed by atoms with Gasteiger partial charge in [0.15, 0.2) is 6.61 Å². The van der Waals surface area contributed by atoms with Crippen LogP contribution in [0.2, 0.25) is 5.02 Å². The van der Waals surface area contributed by atoms with Crippen molar-refractivity contribution in [2.75, 3.05) is 11.9 Å². The number of hydrogen-bond donors (Lipinski definition) is 1. The molecule has 3 rings (SSSR count). The zero-order chi connectivity index (χ0) is 18.4. The molecule has 130 valence electrons. The highest BCUT2D eigenvalue weighted by Gasteiger charge is 2.07. The number of hydrogen-bond acceptors (Lipinski definition) is 3. The second-order valence-electron chi connectivity index (χ2n) is 5.22. The van der Waals surface area contributed by atoms with E-state index in [0.717, 1.165) is 16.5 Å². The maximum atomic E-state index is 13.0. The van der Waals surface area contributed by atoms with Gasteiger partial charge in [0, 0.05) is 11.3 Å². The van der Waals surface area contributed by atoms with Gasteiger partial charge in [-0.2, -0.15) is 0 Å². The van der Waals surface area contributed by atoms with Crippen LogP contribution in [0.3, 0.4) is 0 Å². The summed E-state index contributed by atoms with van der Waals surface area (Å²) in [6.45, 7) is -0.240. The molecule has 0 bridgehead atoms. The molecule has 1 aromatic heterocycles. The molecule has 1 N–H and O–H groups in total. The van der Waals surface area contributed by atoms with Crippen LogP contribution in [0.15, 0.2) is 60.0 Å². The van der Waals surface area contributed by atoms with Gasteiger partial charge in [-0.1, -0.05) is 35.6 Å². The van der Waals surface area contributed by atoms with Crippen LogP contribution in [0.5, 0.6) is 5.75 Å². The maximum Gasteiger partial charge on any atom is 0.262 e. The van der Waals surface area contributed by atoms with Crippen molar-refractivity contribution in [1.82, 2.24) is 0 Å². The number of amides is 1. The third-order valence-corrected chi connectivity index (χ3v) is 4.33. The molecule has 3 nitrogen and oxygen atoms in total. The average Bonchev–Trinajstić information content (AvgIpc) is 3.13. The normalized spacial score (nSPS) is 9.92. The van der Waals surface area contributed by atoms with Gasteiger partial charge in [-0.3, -0.25) is 4.79 Å². The molecule has 0 aliphatic carbocycles. The predicted molar refractivity (Wildman–Crippen MR) is 102 cm³/mol. The van der Waals surface area contributed by atoms with Crippen molar-refractivity contribution in [2.45, 2.75) is 0 Å². The third kappa shape index (κ3) is 5.09. The van der Waals surface area contributed by atoms with Crippen molar-refractivity contribution >= 4 is 34.5 Å². The van der Waals surface area contributed by atoms with Crippen molar-refractivity contribution in [2.24, 2.45) is 0 Å². The monoisotopic (exact) mass is 385 g/mol. The van der Waals surface area contributed by atoms with Crippen molar-refractivity contribution < 1.29 is 13.9 Å². The van der Waals surface area contributed by atoms with Gasteiger partial charge in [0.25, 0.3) is 5.91 Å². The number of carbonyl (C=O) groups is 1. The Morgan fingerprint density at radius 1 is 1.15 bits per heavy atom. The summed E-state index contributed by atoms with van der Waals surface area (Å²) in [5.41, 5.74) is 1.40. The third-order valence-electron chi connectivity index (χ3n) is 3.25. The number of nitrogens with one attached hydrogen (secondary N) is 1. The molecule has 3 aromatic rings. The topological polar surface area (TPSA) is 38.3 Å². The van der Waals surface area contributed by atoms with Gasteiger partial charge in [-0.15, -0.1) is 11.3 Å². The summed E-state index contributed by atoms with van der Waals surface area (Å²) < 4.78 is 18.3. The number of thiophene rings is 1. The molecule has 0 aliphatic rings. The predicted octanol–water partition coefficient (Wildman–Crippen LogP) is 4.96. The first kappa shape index (κ1) is 18.0. The molecule has 0 spiro atoms. The van der Waals surface area contributed by atoms with Crippen LogP contribution in [0.1, 0.15) is 10.4 Å². The summed E-state index contributed by atoms with van der Waals surface area (Å²) in [5, 5.41) is 4.81. The van der Waals surface area contributed by atoms with E-state index in [2.05, 4.69) is 17.2 Å². The van der Waals surface area contributed by atoms with Crippen LogP contribution < -0.4 is 10.1 Å². The van der Waals surface area contributed by atoms with E-state index in [-0.39, 0.29) is 23.3 Å². The Balaban J connectivity index is 1.59. The second-order valence-corrected chi connectivity index (χ2v) is 6.57. The number of ether oxygens (including phenoxy) is 1. The lowest BCUT2D eigenvalue weighted by molar-refractivity contribution is -0.118. The Hall–Kier alpha value is -2.81. The van der Waals surface area contributed by atoms with Gasteiger partial charge < -0.3 is 10.1 Å². The summed E-state index contributed by atoms with van der Waals surface area (Å²) in [6, 6.07) is 14.8. The molecule has 0 fully saturated rings. The Morgan fingerprint density at radius 2 is 2.04 bits per heavy atom. The first-order valence-corrected chi connectivity index (χ1v) is 8.89. The maximum absolute atomic E-state index is 13.0. The fourth-order valence-corrected chi connectivity index (χ4v) is 2.88. The molecule has 2 aromatic carbocycles. The summed E-state index contributed by atoms with van der Waals surface area (Å²) in [6.07, 6.45) is 0. The second kappa shape index (κ2) is 8.52. The van der Waals surface area contributed by atoms with Crippen LogP contribution in [-0.4, -0.2) is 12.5 Å². The fraction of sp³-hybridized carbons (Fsp3) is 0.0500. The lowest BCUT2D eigenvalue weighted by atomic mass is 10.2. The minimum Gasteiger partial charge on any atom is -0.482 e. The van der Waals surface area contributed by atoms with Gasteiger partial charge in [0.05, 0.1) is 9.90 Å². The van der Waals surface area contributed by atoms with E-state index in [1.165, 1.54) is 12.1 Å². The van der Waals surface area contributed by atoms with Crippen molar-refractivity contribution in [3.8, 4) is 17.6 Å². The molecule has 0 atom stereocenters. The molecule has 1 heterocycles. The van der Waals surface area contributed by atoms with Crippen molar-refractivity contribution in [3.05, 3.63) is 81.3 Å². The summed E-state index contributed by atoms with van der Waals surface area (Å²) in [4.78, 5) is 13.0. The molecule has 26 heavy (non-hydrogen) atoms. The number of anilines is 1. The highest BCUT2D eigenvalue weighted by molar-refractivity contribution is 7.10. The van der Waals surface area contributed by atoms with Crippen LogP contribution in [0, 0.1) is 17.7 Å². The first-order chi connectivity index (χ1) is 12.6. The molecular weight excluding hydrogens is 373 g/mol. The molecule has 0 unspecified atom stereocenters. The Bertz CT molecular complexity index is 977. The zero-order valence-electron chi connectivity index (χ0n) is 13.5. The van der Waals surface area contributed by atoms with Gasteiger partial charge in [-0.05, 0) is 47.8 Å². The zero-order valence-corrected chi connectivity index (χ0v) is 15.0. The van der Waals surface area contributed by atoms with E-state index in [1.807, 2.05) is 29.6 Å². The Morgan fingerprint density at radius 3 is 2.81 bits per heavy atom. The minimum absolute atomic E-state index is 0.114. The quantitative estimate of drug-likeness (QED) is 0.645. The van der Waals surface area contributed by atoms with E-state index >= 15 is 0 Å². The highest BCUT2D eigenvalue weighted by atomic mass is 35.5.